The number of aryl methyl sites for hydroxylation is 2. The Kier molecular flexibility index (Phi) is 12.8. The molecule has 1 aliphatic heterocycles. The van der Waals surface area contributed by atoms with Crippen LogP contribution in [0.5, 0.6) is 0 Å². The van der Waals surface area contributed by atoms with E-state index in [4.69, 9.17) is 14.2 Å². The Labute approximate surface area is 340 Å². The van der Waals surface area contributed by atoms with Gasteiger partial charge in [0.2, 0.25) is 0 Å². The molecule has 0 aliphatic carbocycles. The van der Waals surface area contributed by atoms with Crippen molar-refractivity contribution in [3.8, 4) is 10.4 Å². The molecule has 0 bridgehead atoms. The van der Waals surface area contributed by atoms with Crippen molar-refractivity contribution in [2.24, 2.45) is 5.92 Å². The van der Waals surface area contributed by atoms with Gasteiger partial charge in [-0.25, -0.2) is 4.39 Å². The lowest BCUT2D eigenvalue weighted by molar-refractivity contribution is -0.238. The van der Waals surface area contributed by atoms with Crippen LogP contribution in [-0.4, -0.2) is 18.3 Å². The molecule has 5 heteroatoms. The van der Waals surface area contributed by atoms with Crippen LogP contribution < -0.4 is 0 Å². The van der Waals surface area contributed by atoms with Gasteiger partial charge in [-0.1, -0.05) is 152 Å². The van der Waals surface area contributed by atoms with Crippen LogP contribution in [0, 0.1) is 18.7 Å². The average molecular weight is 773 g/mol. The molecule has 8 rings (SSSR count). The first-order valence-corrected chi connectivity index (χ1v) is 20.9. The minimum atomic E-state index is -0.377. The molecule has 7 aromatic rings. The predicted molar refractivity (Wildman–Crippen MR) is 230 cm³/mol. The van der Waals surface area contributed by atoms with Crippen molar-refractivity contribution in [1.82, 2.24) is 0 Å². The van der Waals surface area contributed by atoms with E-state index >= 15 is 0 Å². The minimum absolute atomic E-state index is 0.0396. The van der Waals surface area contributed by atoms with E-state index in [1.165, 1.54) is 39.3 Å². The molecule has 57 heavy (non-hydrogen) atoms. The minimum Gasteiger partial charge on any atom is -0.370 e. The molecule has 0 radical (unpaired) electrons. The van der Waals surface area contributed by atoms with Crippen molar-refractivity contribution >= 4 is 11.3 Å². The summed E-state index contributed by atoms with van der Waals surface area (Å²) in [4.78, 5) is 2.39. The molecular formula is C52H49FO3S. The van der Waals surface area contributed by atoms with Gasteiger partial charge in [0, 0.05) is 22.1 Å². The first-order chi connectivity index (χ1) is 28.1. The third-order valence-corrected chi connectivity index (χ3v) is 12.3. The van der Waals surface area contributed by atoms with E-state index in [0.717, 1.165) is 52.8 Å². The van der Waals surface area contributed by atoms with Crippen LogP contribution in [0.4, 0.5) is 4.39 Å². The van der Waals surface area contributed by atoms with Gasteiger partial charge < -0.3 is 14.2 Å². The Morgan fingerprint density at radius 1 is 0.596 bits per heavy atom. The summed E-state index contributed by atoms with van der Waals surface area (Å²) < 4.78 is 35.4. The topological polar surface area (TPSA) is 27.7 Å². The Balaban J connectivity index is 1.17. The third kappa shape index (κ3) is 10.0. The predicted octanol–water partition coefficient (Wildman–Crippen LogP) is 12.6. The summed E-state index contributed by atoms with van der Waals surface area (Å²) in [7, 11) is 0. The fourth-order valence-corrected chi connectivity index (χ4v) is 9.09. The van der Waals surface area contributed by atoms with Crippen LogP contribution in [-0.2, 0) is 46.7 Å². The van der Waals surface area contributed by atoms with Gasteiger partial charge in [-0.2, -0.15) is 0 Å². The van der Waals surface area contributed by atoms with Crippen molar-refractivity contribution < 1.29 is 18.6 Å². The van der Waals surface area contributed by atoms with Gasteiger partial charge in [0.05, 0.1) is 25.4 Å². The van der Waals surface area contributed by atoms with Crippen LogP contribution in [0.3, 0.4) is 0 Å². The van der Waals surface area contributed by atoms with Gasteiger partial charge in [0.15, 0.2) is 0 Å². The van der Waals surface area contributed by atoms with E-state index in [9.17, 15) is 4.39 Å². The van der Waals surface area contributed by atoms with Crippen molar-refractivity contribution in [3.05, 3.63) is 226 Å². The Hall–Kier alpha value is -5.17. The molecule has 288 valence electrons. The summed E-state index contributed by atoms with van der Waals surface area (Å²) >= 11 is 1.76. The molecule has 0 unspecified atom stereocenters. The first-order valence-electron chi connectivity index (χ1n) is 20.0. The first kappa shape index (κ1) is 38.7. The lowest BCUT2D eigenvalue weighted by Crippen LogP contribution is -2.53. The van der Waals surface area contributed by atoms with Crippen LogP contribution >= 0.6 is 11.3 Å². The maximum Gasteiger partial charge on any atom is 0.123 e. The van der Waals surface area contributed by atoms with Crippen LogP contribution in [0.15, 0.2) is 176 Å². The van der Waals surface area contributed by atoms with E-state index in [-0.39, 0.29) is 36.2 Å². The van der Waals surface area contributed by atoms with E-state index in [0.29, 0.717) is 13.2 Å². The number of benzene rings is 6. The number of hydrogen-bond donors (Lipinski definition) is 0. The zero-order chi connectivity index (χ0) is 38.8. The zero-order valence-corrected chi connectivity index (χ0v) is 33.2. The molecule has 0 N–H and O–H groups in total. The number of hydrogen-bond acceptors (Lipinski definition) is 4. The molecule has 0 saturated carbocycles. The summed E-state index contributed by atoms with van der Waals surface area (Å²) in [6, 6.07) is 60.2. The summed E-state index contributed by atoms with van der Waals surface area (Å²) in [6.45, 7) is 3.11. The molecule has 1 saturated heterocycles. The average Bonchev–Trinajstić information content (AvgIpc) is 3.73. The summed E-state index contributed by atoms with van der Waals surface area (Å²) in [5.41, 5.74) is 9.41. The molecule has 1 aliphatic rings. The maximum absolute atomic E-state index is 13.7. The SMILES string of the molecule is Cc1ccc([C@H]2O[C@H](CCc3ccccc3)[C@@H](Cc3ccccc3)[C@H](OCc3ccccc3)[C@H]2OCc2ccccc2)cc1Cc1ccc(-c2ccc(F)cc2)s1. The molecule has 0 spiro atoms. The molecule has 0 amide bonds. The monoisotopic (exact) mass is 772 g/mol. The smallest absolute Gasteiger partial charge is 0.123 e. The van der Waals surface area contributed by atoms with Gasteiger partial charge >= 0.3 is 0 Å². The van der Waals surface area contributed by atoms with Crippen molar-refractivity contribution in [1.29, 1.82) is 0 Å². The molecule has 3 nitrogen and oxygen atoms in total. The quantitative estimate of drug-likeness (QED) is 0.104. The van der Waals surface area contributed by atoms with Gasteiger partial charge in [-0.15, -0.1) is 11.3 Å². The van der Waals surface area contributed by atoms with Gasteiger partial charge in [0.25, 0.3) is 0 Å². The van der Waals surface area contributed by atoms with Gasteiger partial charge in [0.1, 0.15) is 18.0 Å². The second-order valence-electron chi connectivity index (χ2n) is 15.1. The highest BCUT2D eigenvalue weighted by atomic mass is 32.1. The van der Waals surface area contributed by atoms with Crippen LogP contribution in [0.2, 0.25) is 0 Å². The number of rotatable bonds is 15. The zero-order valence-electron chi connectivity index (χ0n) is 32.4. The number of ether oxygens (including phenoxy) is 3. The summed E-state index contributed by atoms with van der Waals surface area (Å²) in [5.74, 6) is -0.182. The maximum atomic E-state index is 13.7. The fourth-order valence-electron chi connectivity index (χ4n) is 8.05. The Bertz CT molecular complexity index is 2280. The van der Waals surface area contributed by atoms with Gasteiger partial charge in [-0.05, 0) is 95.0 Å². The van der Waals surface area contributed by atoms with E-state index in [1.54, 1.807) is 11.3 Å². The van der Waals surface area contributed by atoms with Gasteiger partial charge in [-0.3, -0.25) is 0 Å². The molecule has 2 heterocycles. The lowest BCUT2D eigenvalue weighted by Gasteiger charge is -2.47. The Morgan fingerprint density at radius 3 is 1.81 bits per heavy atom. The van der Waals surface area contributed by atoms with E-state index < -0.39 is 0 Å². The molecule has 5 atom stereocenters. The largest absolute Gasteiger partial charge is 0.370 e. The van der Waals surface area contributed by atoms with Crippen LogP contribution in [0.25, 0.3) is 10.4 Å². The lowest BCUT2D eigenvalue weighted by atomic mass is 9.78. The summed E-state index contributed by atoms with van der Waals surface area (Å²) in [6.07, 6.45) is 2.27. The molecule has 1 fully saturated rings. The normalized spacial score (nSPS) is 19.4. The third-order valence-electron chi connectivity index (χ3n) is 11.1. The number of halogens is 1. The van der Waals surface area contributed by atoms with Crippen LogP contribution in [0.1, 0.15) is 56.3 Å². The van der Waals surface area contributed by atoms with Crippen molar-refractivity contribution in [3.63, 3.8) is 0 Å². The standard InChI is InChI=1S/C52H49FO3S/c1-37-22-24-43(33-44(37)34-46-29-31-49(57-46)42-25-27-45(53)28-26-42)50-52(55-36-41-20-12-5-13-21-41)51(54-35-40-18-10-4-11-19-40)47(32-39-16-8-3-9-17-39)48(56-50)30-23-38-14-6-2-7-15-38/h2-22,24-29,31,33,47-48,50-52H,23,30,32,34-36H2,1H3/t47-,48-,50-,51+,52+/m1/s1. The second-order valence-corrected chi connectivity index (χ2v) is 16.3. The highest BCUT2D eigenvalue weighted by Gasteiger charge is 2.47. The van der Waals surface area contributed by atoms with E-state index in [2.05, 4.69) is 146 Å². The number of thiophene rings is 1. The van der Waals surface area contributed by atoms with Crippen molar-refractivity contribution in [2.45, 2.75) is 70.2 Å². The highest BCUT2D eigenvalue weighted by molar-refractivity contribution is 7.15. The molecular weight excluding hydrogens is 724 g/mol. The highest BCUT2D eigenvalue weighted by Crippen LogP contribution is 2.43. The Morgan fingerprint density at radius 2 is 1.18 bits per heavy atom. The van der Waals surface area contributed by atoms with Crippen molar-refractivity contribution in [2.75, 3.05) is 0 Å². The van der Waals surface area contributed by atoms with E-state index in [1.807, 2.05) is 24.3 Å². The fraction of sp³-hybridized carbons (Fsp3) is 0.231. The molecule has 6 aromatic carbocycles. The molecule has 1 aromatic heterocycles. The summed E-state index contributed by atoms with van der Waals surface area (Å²) in [5, 5.41) is 0. The second kappa shape index (κ2) is 18.8.